The van der Waals surface area contributed by atoms with Gasteiger partial charge in [0.25, 0.3) is 0 Å². The molecular weight excluding hydrogens is 344 g/mol. The van der Waals surface area contributed by atoms with Gasteiger partial charge >= 0.3 is 0 Å². The molecule has 1 aliphatic rings. The molecule has 1 aromatic heterocycles. The van der Waals surface area contributed by atoms with Crippen molar-refractivity contribution in [2.75, 3.05) is 20.2 Å². The molecule has 140 valence electrons. The average Bonchev–Trinajstić information content (AvgIpc) is 3.11. The average molecular weight is 373 g/mol. The molecule has 1 heterocycles. The predicted octanol–water partition coefficient (Wildman–Crippen LogP) is 4.79. The van der Waals surface area contributed by atoms with Crippen molar-refractivity contribution in [3.8, 4) is 16.3 Å². The molecule has 1 amide bonds. The van der Waals surface area contributed by atoms with Gasteiger partial charge in [-0.3, -0.25) is 4.79 Å². The Morgan fingerprint density at radius 2 is 2.04 bits per heavy atom. The molecule has 0 saturated heterocycles. The number of thiazole rings is 1. The lowest BCUT2D eigenvalue weighted by Crippen LogP contribution is -2.33. The number of carbonyl (C=O) groups is 1. The smallest absolute Gasteiger partial charge is 0.228 e. The van der Waals surface area contributed by atoms with E-state index >= 15 is 0 Å². The molecule has 4 nitrogen and oxygen atoms in total. The third-order valence-electron chi connectivity index (χ3n) is 4.98. The van der Waals surface area contributed by atoms with Gasteiger partial charge in [0.15, 0.2) is 0 Å². The van der Waals surface area contributed by atoms with Crippen LogP contribution in [0.2, 0.25) is 0 Å². The van der Waals surface area contributed by atoms with E-state index in [0.717, 1.165) is 28.6 Å². The van der Waals surface area contributed by atoms with E-state index in [-0.39, 0.29) is 5.91 Å². The summed E-state index contributed by atoms with van der Waals surface area (Å²) < 4.78 is 5.70. The summed E-state index contributed by atoms with van der Waals surface area (Å²) in [5, 5.41) is 2.90. The zero-order valence-electron chi connectivity index (χ0n) is 15.7. The molecule has 0 bridgehead atoms. The van der Waals surface area contributed by atoms with Crippen molar-refractivity contribution in [2.24, 2.45) is 5.92 Å². The van der Waals surface area contributed by atoms with E-state index in [1.165, 1.54) is 32.1 Å². The fourth-order valence-electron chi connectivity index (χ4n) is 3.59. The first kappa shape index (κ1) is 18.9. The molecule has 0 N–H and O–H groups in total. The zero-order chi connectivity index (χ0) is 18.4. The van der Waals surface area contributed by atoms with Crippen LogP contribution >= 0.6 is 11.3 Å². The van der Waals surface area contributed by atoms with E-state index in [1.807, 2.05) is 48.5 Å². The molecule has 1 fully saturated rings. The van der Waals surface area contributed by atoms with Crippen LogP contribution in [0, 0.1) is 5.92 Å². The van der Waals surface area contributed by atoms with Crippen molar-refractivity contribution in [1.29, 1.82) is 0 Å². The Morgan fingerprint density at radius 3 is 2.81 bits per heavy atom. The van der Waals surface area contributed by atoms with E-state index in [4.69, 9.17) is 4.74 Å². The molecule has 1 aromatic carbocycles. The second kappa shape index (κ2) is 9.17. The third-order valence-corrected chi connectivity index (χ3v) is 5.91. The van der Waals surface area contributed by atoms with Crippen LogP contribution < -0.4 is 4.74 Å². The largest absolute Gasteiger partial charge is 0.493 e. The maximum Gasteiger partial charge on any atom is 0.228 e. The van der Waals surface area contributed by atoms with E-state index in [1.54, 1.807) is 11.3 Å². The van der Waals surface area contributed by atoms with Gasteiger partial charge in [-0.15, -0.1) is 11.3 Å². The molecule has 1 aliphatic carbocycles. The van der Waals surface area contributed by atoms with Gasteiger partial charge in [0, 0.05) is 19.0 Å². The van der Waals surface area contributed by atoms with Crippen LogP contribution in [0.25, 0.3) is 10.6 Å². The Balaban J connectivity index is 1.62. The number of amides is 1. The lowest BCUT2D eigenvalue weighted by atomic mass is 9.89. The summed E-state index contributed by atoms with van der Waals surface area (Å²) in [4.78, 5) is 19.1. The highest BCUT2D eigenvalue weighted by Crippen LogP contribution is 2.32. The van der Waals surface area contributed by atoms with Crippen molar-refractivity contribution in [3.63, 3.8) is 0 Å². The van der Waals surface area contributed by atoms with Crippen molar-refractivity contribution in [3.05, 3.63) is 35.3 Å². The van der Waals surface area contributed by atoms with Crippen LogP contribution in [0.1, 0.15) is 44.7 Å². The van der Waals surface area contributed by atoms with Gasteiger partial charge in [-0.05, 0) is 37.8 Å². The third kappa shape index (κ3) is 4.85. The molecular formula is C21H28N2O2S. The van der Waals surface area contributed by atoms with Crippen molar-refractivity contribution >= 4 is 17.2 Å². The fraction of sp³-hybridized carbons (Fsp3) is 0.524. The van der Waals surface area contributed by atoms with E-state index in [9.17, 15) is 4.79 Å². The van der Waals surface area contributed by atoms with Crippen LogP contribution in [-0.2, 0) is 11.2 Å². The molecule has 5 heteroatoms. The minimum atomic E-state index is 0.158. The molecule has 0 aliphatic heterocycles. The Labute approximate surface area is 160 Å². The van der Waals surface area contributed by atoms with Gasteiger partial charge in [-0.25, -0.2) is 4.98 Å². The van der Waals surface area contributed by atoms with Crippen LogP contribution in [0.5, 0.6) is 5.75 Å². The van der Waals surface area contributed by atoms with Gasteiger partial charge in [0.05, 0.1) is 24.3 Å². The number of para-hydroxylation sites is 1. The summed E-state index contributed by atoms with van der Waals surface area (Å²) in [6, 6.07) is 7.93. The first-order valence-electron chi connectivity index (χ1n) is 9.58. The summed E-state index contributed by atoms with van der Waals surface area (Å²) in [6.07, 6.45) is 6.84. The summed E-state index contributed by atoms with van der Waals surface area (Å²) >= 11 is 1.57. The highest BCUT2D eigenvalue weighted by molar-refractivity contribution is 7.13. The number of rotatable bonds is 7. The normalized spacial score (nSPS) is 15.0. The number of aromatic nitrogens is 1. The Bertz CT molecular complexity index is 722. The molecule has 0 radical (unpaired) electrons. The van der Waals surface area contributed by atoms with Crippen molar-refractivity contribution in [2.45, 2.75) is 45.4 Å². The maximum absolute atomic E-state index is 12.6. The number of hydrogen-bond acceptors (Lipinski definition) is 4. The van der Waals surface area contributed by atoms with Crippen LogP contribution in [-0.4, -0.2) is 36.0 Å². The van der Waals surface area contributed by atoms with E-state index in [2.05, 4.69) is 4.98 Å². The number of hydrogen-bond donors (Lipinski definition) is 0. The van der Waals surface area contributed by atoms with Gasteiger partial charge in [0.2, 0.25) is 5.91 Å². The van der Waals surface area contributed by atoms with Gasteiger partial charge in [-0.2, -0.15) is 0 Å². The van der Waals surface area contributed by atoms with Crippen molar-refractivity contribution < 1.29 is 9.53 Å². The van der Waals surface area contributed by atoms with Crippen molar-refractivity contribution in [1.82, 2.24) is 9.88 Å². The maximum atomic E-state index is 12.6. The molecule has 0 spiro atoms. The predicted molar refractivity (Wildman–Crippen MR) is 107 cm³/mol. The lowest BCUT2D eigenvalue weighted by molar-refractivity contribution is -0.129. The number of carbonyl (C=O) groups excluding carboxylic acids is 1. The minimum Gasteiger partial charge on any atom is -0.493 e. The van der Waals surface area contributed by atoms with Gasteiger partial charge < -0.3 is 9.64 Å². The molecule has 1 saturated carbocycles. The fourth-order valence-corrected chi connectivity index (χ4v) is 4.43. The van der Waals surface area contributed by atoms with E-state index in [0.29, 0.717) is 18.9 Å². The number of ether oxygens (including phenoxy) is 1. The summed E-state index contributed by atoms with van der Waals surface area (Å²) in [7, 11) is 1.93. The lowest BCUT2D eigenvalue weighted by Gasteiger charge is -2.27. The number of likely N-dealkylation sites (N-methyl/N-ethyl adjacent to an activating group) is 1. The first-order chi connectivity index (χ1) is 12.7. The quantitative estimate of drug-likeness (QED) is 0.702. The second-order valence-corrected chi connectivity index (χ2v) is 7.89. The standard InChI is InChI=1S/C21H28N2O2S/c1-3-25-19-12-8-7-11-18(19)21-22-17(15-26-21)13-20(24)23(2)14-16-9-5-4-6-10-16/h7-8,11-12,15-16H,3-6,9-10,13-14H2,1-2H3. The van der Waals surface area contributed by atoms with Crippen LogP contribution in [0.4, 0.5) is 0 Å². The Morgan fingerprint density at radius 1 is 1.27 bits per heavy atom. The molecule has 0 unspecified atom stereocenters. The molecule has 2 aromatic rings. The minimum absolute atomic E-state index is 0.158. The molecule has 3 rings (SSSR count). The highest BCUT2D eigenvalue weighted by atomic mass is 32.1. The summed E-state index contributed by atoms with van der Waals surface area (Å²) in [5.41, 5.74) is 1.84. The number of nitrogens with zero attached hydrogens (tertiary/aromatic N) is 2. The number of benzene rings is 1. The van der Waals surface area contributed by atoms with Crippen LogP contribution in [0.15, 0.2) is 29.6 Å². The molecule has 26 heavy (non-hydrogen) atoms. The summed E-state index contributed by atoms with van der Waals surface area (Å²) in [5.74, 6) is 1.67. The van der Waals surface area contributed by atoms with Gasteiger partial charge in [0.1, 0.15) is 10.8 Å². The van der Waals surface area contributed by atoms with E-state index < -0.39 is 0 Å². The van der Waals surface area contributed by atoms with Gasteiger partial charge in [-0.1, -0.05) is 31.4 Å². The SMILES string of the molecule is CCOc1ccccc1-c1nc(CC(=O)N(C)CC2CCCCC2)cs1. The summed E-state index contributed by atoms with van der Waals surface area (Å²) in [6.45, 7) is 3.48. The Kier molecular flexibility index (Phi) is 6.67. The van der Waals surface area contributed by atoms with Crippen LogP contribution in [0.3, 0.4) is 0 Å². The molecule has 0 atom stereocenters. The Hall–Kier alpha value is -1.88. The zero-order valence-corrected chi connectivity index (χ0v) is 16.6. The second-order valence-electron chi connectivity index (χ2n) is 7.03. The first-order valence-corrected chi connectivity index (χ1v) is 10.5. The monoisotopic (exact) mass is 372 g/mol. The highest BCUT2D eigenvalue weighted by Gasteiger charge is 2.19. The topological polar surface area (TPSA) is 42.4 Å².